The van der Waals surface area contributed by atoms with E-state index in [1.165, 1.54) is 4.31 Å². The Labute approximate surface area is 103 Å². The fourth-order valence-corrected chi connectivity index (χ4v) is 3.84. The average Bonchev–Trinajstić information content (AvgIpc) is 2.24. The maximum atomic E-state index is 12.1. The fourth-order valence-electron chi connectivity index (χ4n) is 2.28. The molecule has 1 atom stereocenters. The first-order chi connectivity index (χ1) is 7.93. The third kappa shape index (κ3) is 2.97. The third-order valence-corrected chi connectivity index (χ3v) is 5.21. The van der Waals surface area contributed by atoms with Crippen LogP contribution in [0.3, 0.4) is 0 Å². The molecule has 6 nitrogen and oxygen atoms in total. The molecule has 0 aliphatic carbocycles. The van der Waals surface area contributed by atoms with E-state index in [1.54, 1.807) is 0 Å². The molecule has 7 heteroatoms. The molecule has 0 spiro atoms. The fraction of sp³-hybridized carbons (Fsp3) is 1.00. The lowest BCUT2D eigenvalue weighted by atomic mass is 9.98. The molecule has 0 aromatic rings. The second kappa shape index (κ2) is 4.81. The van der Waals surface area contributed by atoms with Gasteiger partial charge < -0.3 is 10.4 Å². The lowest BCUT2D eigenvalue weighted by Gasteiger charge is -2.39. The van der Waals surface area contributed by atoms with Gasteiger partial charge in [0.05, 0.1) is 0 Å². The van der Waals surface area contributed by atoms with Crippen LogP contribution < -0.4 is 10.0 Å². The van der Waals surface area contributed by atoms with Crippen LogP contribution in [0.5, 0.6) is 0 Å². The van der Waals surface area contributed by atoms with Crippen LogP contribution in [0, 0.1) is 0 Å². The van der Waals surface area contributed by atoms with Crippen molar-refractivity contribution in [2.75, 3.05) is 26.2 Å². The van der Waals surface area contributed by atoms with Gasteiger partial charge in [-0.2, -0.15) is 17.4 Å². The van der Waals surface area contributed by atoms with E-state index in [0.717, 1.165) is 19.3 Å². The summed E-state index contributed by atoms with van der Waals surface area (Å²) in [4.78, 5) is 0. The zero-order valence-corrected chi connectivity index (χ0v) is 11.0. The molecule has 3 N–H and O–H groups in total. The molecule has 0 bridgehead atoms. The van der Waals surface area contributed by atoms with Crippen LogP contribution >= 0.6 is 0 Å². The number of rotatable bonds is 4. The predicted molar refractivity (Wildman–Crippen MR) is 64.8 cm³/mol. The van der Waals surface area contributed by atoms with Gasteiger partial charge in [-0.15, -0.1) is 0 Å². The summed E-state index contributed by atoms with van der Waals surface area (Å²) in [7, 11) is -3.45. The van der Waals surface area contributed by atoms with Crippen molar-refractivity contribution in [1.82, 2.24) is 14.3 Å². The molecule has 2 fully saturated rings. The molecule has 0 saturated carbocycles. The van der Waals surface area contributed by atoms with Gasteiger partial charge in [0.25, 0.3) is 10.2 Å². The molecular weight excluding hydrogens is 242 g/mol. The Morgan fingerprint density at radius 1 is 1.47 bits per heavy atom. The lowest BCUT2D eigenvalue weighted by molar-refractivity contribution is -0.00438. The molecule has 0 amide bonds. The van der Waals surface area contributed by atoms with Crippen LogP contribution in [0.15, 0.2) is 0 Å². The predicted octanol–water partition coefficient (Wildman–Crippen LogP) is -0.970. The van der Waals surface area contributed by atoms with Gasteiger partial charge in [-0.05, 0) is 19.8 Å². The van der Waals surface area contributed by atoms with Crippen LogP contribution in [0.1, 0.15) is 26.2 Å². The molecule has 2 aliphatic heterocycles. The normalized spacial score (nSPS) is 29.9. The Morgan fingerprint density at radius 2 is 2.18 bits per heavy atom. The molecule has 100 valence electrons. The molecular formula is C10H21N3O3S. The molecule has 0 aromatic heterocycles. The highest BCUT2D eigenvalue weighted by Crippen LogP contribution is 2.19. The van der Waals surface area contributed by atoms with Crippen molar-refractivity contribution in [3.05, 3.63) is 0 Å². The second-order valence-electron chi connectivity index (χ2n) is 5.11. The highest BCUT2D eigenvalue weighted by atomic mass is 32.2. The molecule has 2 heterocycles. The Balaban J connectivity index is 1.93. The summed E-state index contributed by atoms with van der Waals surface area (Å²) in [5.74, 6) is 0. The Kier molecular flexibility index (Phi) is 3.74. The monoisotopic (exact) mass is 263 g/mol. The summed E-state index contributed by atoms with van der Waals surface area (Å²) in [6, 6.07) is 0.0513. The maximum absolute atomic E-state index is 12.1. The first-order valence-corrected chi connectivity index (χ1v) is 7.57. The van der Waals surface area contributed by atoms with Crippen molar-refractivity contribution >= 4 is 10.2 Å². The quantitative estimate of drug-likeness (QED) is 0.609. The largest absolute Gasteiger partial charge is 0.386 e. The molecule has 2 rings (SSSR count). The molecule has 2 aliphatic rings. The van der Waals surface area contributed by atoms with Crippen molar-refractivity contribution in [3.8, 4) is 0 Å². The van der Waals surface area contributed by atoms with Gasteiger partial charge in [0.2, 0.25) is 0 Å². The van der Waals surface area contributed by atoms with Gasteiger partial charge in [0.15, 0.2) is 0 Å². The average molecular weight is 263 g/mol. The minimum Gasteiger partial charge on any atom is -0.386 e. The van der Waals surface area contributed by atoms with Crippen molar-refractivity contribution in [2.24, 2.45) is 0 Å². The zero-order chi connectivity index (χ0) is 12.5. The number of β-amino-alcohol motifs (C(OH)–C–C–N with tert-alkyl or cyclic N) is 1. The van der Waals surface area contributed by atoms with Gasteiger partial charge in [0.1, 0.15) is 5.60 Å². The second-order valence-corrected chi connectivity index (χ2v) is 6.82. The topological polar surface area (TPSA) is 81.7 Å². The van der Waals surface area contributed by atoms with E-state index < -0.39 is 15.8 Å². The van der Waals surface area contributed by atoms with Crippen LogP contribution in [0.25, 0.3) is 0 Å². The smallest absolute Gasteiger partial charge is 0.279 e. The number of nitrogens with one attached hydrogen (secondary N) is 2. The number of nitrogens with zero attached hydrogens (tertiary/aromatic N) is 1. The molecule has 17 heavy (non-hydrogen) atoms. The summed E-state index contributed by atoms with van der Waals surface area (Å²) >= 11 is 0. The zero-order valence-electron chi connectivity index (χ0n) is 10.1. The van der Waals surface area contributed by atoms with E-state index in [0.29, 0.717) is 19.6 Å². The van der Waals surface area contributed by atoms with E-state index in [-0.39, 0.29) is 12.6 Å². The number of piperidine rings is 1. The Bertz CT molecular complexity index is 367. The van der Waals surface area contributed by atoms with Gasteiger partial charge in [-0.25, -0.2) is 0 Å². The van der Waals surface area contributed by atoms with Gasteiger partial charge in [0, 0.05) is 32.2 Å². The number of hydrogen-bond donors (Lipinski definition) is 3. The number of aliphatic hydroxyl groups is 1. The van der Waals surface area contributed by atoms with Crippen LogP contribution in [0.2, 0.25) is 0 Å². The highest BCUT2D eigenvalue weighted by molar-refractivity contribution is 7.87. The SMILES string of the molecule is CC1CCCCN1S(=O)(=O)NCC1(O)CNC1. The van der Waals surface area contributed by atoms with E-state index in [9.17, 15) is 13.5 Å². The van der Waals surface area contributed by atoms with Crippen LogP contribution in [-0.2, 0) is 10.2 Å². The highest BCUT2D eigenvalue weighted by Gasteiger charge is 2.37. The standard InChI is InChI=1S/C10H21N3O3S/c1-9-4-2-3-5-13(9)17(15,16)12-8-10(14)6-11-7-10/h9,11-12,14H,2-8H2,1H3. The van der Waals surface area contributed by atoms with Crippen molar-refractivity contribution in [3.63, 3.8) is 0 Å². The molecule has 0 radical (unpaired) electrons. The van der Waals surface area contributed by atoms with Crippen molar-refractivity contribution < 1.29 is 13.5 Å². The van der Waals surface area contributed by atoms with Gasteiger partial charge in [-0.1, -0.05) is 6.42 Å². The van der Waals surface area contributed by atoms with Crippen molar-refractivity contribution in [2.45, 2.75) is 37.8 Å². The Morgan fingerprint density at radius 3 is 2.71 bits per heavy atom. The van der Waals surface area contributed by atoms with E-state index in [2.05, 4.69) is 10.0 Å². The first kappa shape index (κ1) is 13.2. The van der Waals surface area contributed by atoms with Crippen LogP contribution in [0.4, 0.5) is 0 Å². The lowest BCUT2D eigenvalue weighted by Crippen LogP contribution is -2.65. The van der Waals surface area contributed by atoms with E-state index >= 15 is 0 Å². The van der Waals surface area contributed by atoms with E-state index in [1.807, 2.05) is 6.92 Å². The van der Waals surface area contributed by atoms with Crippen LogP contribution in [-0.4, -0.2) is 55.7 Å². The summed E-state index contributed by atoms with van der Waals surface area (Å²) in [6.45, 7) is 3.49. The van der Waals surface area contributed by atoms with Gasteiger partial charge in [-0.3, -0.25) is 0 Å². The summed E-state index contributed by atoms with van der Waals surface area (Å²) in [5, 5.41) is 12.8. The summed E-state index contributed by atoms with van der Waals surface area (Å²) in [5.41, 5.74) is -0.911. The minimum absolute atomic E-state index is 0.0513. The molecule has 1 unspecified atom stereocenters. The van der Waals surface area contributed by atoms with Crippen molar-refractivity contribution in [1.29, 1.82) is 0 Å². The van der Waals surface area contributed by atoms with E-state index in [4.69, 9.17) is 0 Å². The molecule has 2 saturated heterocycles. The van der Waals surface area contributed by atoms with Gasteiger partial charge >= 0.3 is 0 Å². The minimum atomic E-state index is -3.45. The molecule has 0 aromatic carbocycles. The number of hydrogen-bond acceptors (Lipinski definition) is 4. The first-order valence-electron chi connectivity index (χ1n) is 6.12. The maximum Gasteiger partial charge on any atom is 0.279 e. The third-order valence-electron chi connectivity index (χ3n) is 3.54. The summed E-state index contributed by atoms with van der Waals surface area (Å²) in [6.07, 6.45) is 2.91. The summed E-state index contributed by atoms with van der Waals surface area (Å²) < 4.78 is 28.1. The Hall–Kier alpha value is -0.210.